The molecule has 0 radical (unpaired) electrons. The first-order valence-corrected chi connectivity index (χ1v) is 16.9. The Bertz CT molecular complexity index is 2000. The highest BCUT2D eigenvalue weighted by Crippen LogP contribution is 2.61. The smallest absolute Gasteiger partial charge is 0.394 e. The van der Waals surface area contributed by atoms with Crippen molar-refractivity contribution in [2.75, 3.05) is 0 Å². The van der Waals surface area contributed by atoms with Crippen LogP contribution in [0.25, 0.3) is 54.9 Å². The average Bonchev–Trinajstić information content (AvgIpc) is 3.13. The summed E-state index contributed by atoms with van der Waals surface area (Å²) in [5.41, 5.74) is 7.13. The SMILES string of the molecule is CC(C)(C)c1ccc(-c2cc3ccccc3c3c2OP(=O)(O)Oc2c(-c4ccc(C(C)(C)C)cc4)cc4ccccc4c2-3)cc1. The van der Waals surface area contributed by atoms with E-state index in [-0.39, 0.29) is 10.8 Å². The van der Waals surface area contributed by atoms with Gasteiger partial charge in [0.25, 0.3) is 0 Å². The van der Waals surface area contributed by atoms with Gasteiger partial charge in [-0.3, -0.25) is 4.89 Å². The molecule has 45 heavy (non-hydrogen) atoms. The van der Waals surface area contributed by atoms with Gasteiger partial charge in [-0.2, -0.15) is 0 Å². The molecule has 1 N–H and O–H groups in total. The van der Waals surface area contributed by atoms with Crippen molar-refractivity contribution in [1.82, 2.24) is 0 Å². The van der Waals surface area contributed by atoms with Gasteiger partial charge in [-0.1, -0.05) is 139 Å². The number of rotatable bonds is 2. The average molecular weight is 613 g/mol. The lowest BCUT2D eigenvalue weighted by Gasteiger charge is -2.21. The van der Waals surface area contributed by atoms with Crippen molar-refractivity contribution in [3.63, 3.8) is 0 Å². The minimum Gasteiger partial charge on any atom is -0.394 e. The third kappa shape index (κ3) is 5.23. The van der Waals surface area contributed by atoms with Gasteiger partial charge in [-0.05, 0) is 66.8 Å². The standard InChI is InChI=1S/C40H37O4P/c1-39(2,3)29-19-15-25(16-20-29)33-23-27-11-7-9-13-31(27)35-36-32-14-10-8-12-28(32)24-34(38(36)44-45(41,42)43-37(33)35)26-17-21-30(22-18-26)40(4,5)6/h7-24H,1-6H3,(H,41,42). The van der Waals surface area contributed by atoms with Gasteiger partial charge in [0, 0.05) is 22.3 Å². The van der Waals surface area contributed by atoms with Gasteiger partial charge in [0.15, 0.2) is 0 Å². The van der Waals surface area contributed by atoms with E-state index in [1.165, 1.54) is 11.1 Å². The maximum atomic E-state index is 13.9. The van der Waals surface area contributed by atoms with Crippen LogP contribution in [0.1, 0.15) is 52.7 Å². The summed E-state index contributed by atoms with van der Waals surface area (Å²) in [6.07, 6.45) is 0. The van der Waals surface area contributed by atoms with Crippen molar-refractivity contribution in [2.45, 2.75) is 52.4 Å². The van der Waals surface area contributed by atoms with E-state index in [0.717, 1.165) is 54.9 Å². The molecule has 0 saturated carbocycles. The minimum atomic E-state index is -4.62. The molecular formula is C40H37O4P. The van der Waals surface area contributed by atoms with Crippen molar-refractivity contribution >= 4 is 29.4 Å². The summed E-state index contributed by atoms with van der Waals surface area (Å²) in [5, 5.41) is 3.83. The van der Waals surface area contributed by atoms with Crippen LogP contribution in [-0.2, 0) is 15.4 Å². The summed E-state index contributed by atoms with van der Waals surface area (Å²) in [7, 11) is -4.62. The largest absolute Gasteiger partial charge is 0.584 e. The Morgan fingerprint density at radius 2 is 0.889 bits per heavy atom. The lowest BCUT2D eigenvalue weighted by molar-refractivity contribution is 0.295. The van der Waals surface area contributed by atoms with Crippen LogP contribution in [0.2, 0.25) is 0 Å². The fraction of sp³-hybridized carbons (Fsp3) is 0.200. The van der Waals surface area contributed by atoms with E-state index in [0.29, 0.717) is 11.5 Å². The van der Waals surface area contributed by atoms with E-state index in [4.69, 9.17) is 9.05 Å². The van der Waals surface area contributed by atoms with Crippen LogP contribution >= 0.6 is 7.82 Å². The summed E-state index contributed by atoms with van der Waals surface area (Å²) < 4.78 is 26.1. The van der Waals surface area contributed by atoms with Crippen molar-refractivity contribution < 1.29 is 18.5 Å². The fourth-order valence-corrected chi connectivity index (χ4v) is 7.20. The van der Waals surface area contributed by atoms with E-state index in [2.05, 4.69) is 102 Å². The first kappa shape index (κ1) is 29.3. The zero-order chi connectivity index (χ0) is 31.7. The first-order chi connectivity index (χ1) is 21.3. The van der Waals surface area contributed by atoms with Crippen LogP contribution in [0.4, 0.5) is 0 Å². The molecule has 0 spiro atoms. The number of hydrogen-bond donors (Lipinski definition) is 1. The minimum absolute atomic E-state index is 0.0106. The Hall–Kier alpha value is -4.37. The zero-order valence-corrected chi connectivity index (χ0v) is 27.4. The summed E-state index contributed by atoms with van der Waals surface area (Å²) in [6.45, 7) is 13.1. The zero-order valence-electron chi connectivity index (χ0n) is 26.5. The van der Waals surface area contributed by atoms with E-state index in [1.807, 2.05) is 48.5 Å². The first-order valence-electron chi connectivity index (χ1n) is 15.4. The normalized spacial score (nSPS) is 14.3. The molecule has 6 aromatic carbocycles. The summed E-state index contributed by atoms with van der Waals surface area (Å²) in [4.78, 5) is 11.3. The second-order valence-electron chi connectivity index (χ2n) is 14.0. The topological polar surface area (TPSA) is 55.8 Å². The molecule has 0 atom stereocenters. The maximum absolute atomic E-state index is 13.9. The monoisotopic (exact) mass is 612 g/mol. The summed E-state index contributed by atoms with van der Waals surface area (Å²) in [5.74, 6) is 0.680. The molecule has 1 heterocycles. The van der Waals surface area contributed by atoms with Crippen LogP contribution in [0, 0.1) is 0 Å². The molecule has 5 heteroatoms. The van der Waals surface area contributed by atoms with Gasteiger partial charge >= 0.3 is 7.82 Å². The van der Waals surface area contributed by atoms with E-state index >= 15 is 0 Å². The molecule has 0 aliphatic carbocycles. The summed E-state index contributed by atoms with van der Waals surface area (Å²) >= 11 is 0. The molecule has 4 nitrogen and oxygen atoms in total. The van der Waals surface area contributed by atoms with Crippen molar-refractivity contribution in [3.05, 3.63) is 120 Å². The van der Waals surface area contributed by atoms with E-state index in [9.17, 15) is 9.46 Å². The Morgan fingerprint density at radius 3 is 1.24 bits per heavy atom. The Balaban J connectivity index is 1.59. The molecule has 0 bridgehead atoms. The molecule has 1 aliphatic heterocycles. The second kappa shape index (κ2) is 10.3. The highest BCUT2D eigenvalue weighted by molar-refractivity contribution is 7.48. The van der Waals surface area contributed by atoms with Gasteiger partial charge in [0.2, 0.25) is 0 Å². The lowest BCUT2D eigenvalue weighted by atomic mass is 9.84. The van der Waals surface area contributed by atoms with Crippen LogP contribution in [-0.4, -0.2) is 4.89 Å². The number of benzene rings is 6. The highest BCUT2D eigenvalue weighted by atomic mass is 31.2. The van der Waals surface area contributed by atoms with Gasteiger partial charge < -0.3 is 9.05 Å². The third-order valence-electron chi connectivity index (χ3n) is 8.79. The summed E-state index contributed by atoms with van der Waals surface area (Å²) in [6, 6.07) is 37.0. The Labute approximate surface area is 264 Å². The van der Waals surface area contributed by atoms with Crippen molar-refractivity contribution in [3.8, 4) is 44.9 Å². The van der Waals surface area contributed by atoms with Gasteiger partial charge in [-0.15, -0.1) is 0 Å². The fourth-order valence-electron chi connectivity index (χ4n) is 6.32. The number of fused-ring (bicyclic) bond motifs is 7. The van der Waals surface area contributed by atoms with Crippen LogP contribution in [0.3, 0.4) is 0 Å². The van der Waals surface area contributed by atoms with Gasteiger partial charge in [-0.25, -0.2) is 4.57 Å². The van der Waals surface area contributed by atoms with Crippen LogP contribution in [0.5, 0.6) is 11.5 Å². The number of hydrogen-bond acceptors (Lipinski definition) is 3. The molecule has 6 aromatic rings. The molecular weight excluding hydrogens is 575 g/mol. The van der Waals surface area contributed by atoms with Gasteiger partial charge in [0.1, 0.15) is 11.5 Å². The van der Waals surface area contributed by atoms with E-state index < -0.39 is 7.82 Å². The quantitative estimate of drug-likeness (QED) is 0.198. The lowest BCUT2D eigenvalue weighted by Crippen LogP contribution is -2.10. The van der Waals surface area contributed by atoms with Crippen molar-refractivity contribution in [2.24, 2.45) is 0 Å². The second-order valence-corrected chi connectivity index (χ2v) is 15.3. The highest BCUT2D eigenvalue weighted by Gasteiger charge is 2.37. The van der Waals surface area contributed by atoms with Crippen LogP contribution < -0.4 is 9.05 Å². The van der Waals surface area contributed by atoms with Crippen molar-refractivity contribution in [1.29, 1.82) is 0 Å². The molecule has 7 rings (SSSR count). The molecule has 226 valence electrons. The predicted octanol–water partition coefficient (Wildman–Crippen LogP) is 11.5. The predicted molar refractivity (Wildman–Crippen MR) is 186 cm³/mol. The van der Waals surface area contributed by atoms with Crippen LogP contribution in [0.15, 0.2) is 109 Å². The van der Waals surface area contributed by atoms with E-state index in [1.54, 1.807) is 0 Å². The molecule has 0 aromatic heterocycles. The molecule has 0 fully saturated rings. The molecule has 0 unspecified atom stereocenters. The third-order valence-corrected chi connectivity index (χ3v) is 9.62. The molecule has 1 aliphatic rings. The number of phosphoric acid groups is 1. The maximum Gasteiger partial charge on any atom is 0.584 e. The molecule has 0 amide bonds. The Kier molecular flexibility index (Phi) is 6.74. The Morgan fingerprint density at radius 1 is 0.533 bits per heavy atom. The molecule has 0 saturated heterocycles. The van der Waals surface area contributed by atoms with Gasteiger partial charge in [0.05, 0.1) is 0 Å². The number of phosphoric ester groups is 1.